The van der Waals surface area contributed by atoms with Crippen molar-refractivity contribution in [3.8, 4) is 0 Å². The van der Waals surface area contributed by atoms with Gasteiger partial charge in [0.25, 0.3) is 0 Å². The zero-order valence-corrected chi connectivity index (χ0v) is 11.3. The molecule has 0 unspecified atom stereocenters. The summed E-state index contributed by atoms with van der Waals surface area (Å²) >= 11 is 4.84. The van der Waals surface area contributed by atoms with Gasteiger partial charge in [-0.15, -0.1) is 0 Å². The molecule has 1 aliphatic rings. The van der Waals surface area contributed by atoms with Crippen molar-refractivity contribution in [1.29, 1.82) is 0 Å². The van der Waals surface area contributed by atoms with Crippen molar-refractivity contribution in [2.75, 3.05) is 0 Å². The second kappa shape index (κ2) is 7.60. The van der Waals surface area contributed by atoms with Crippen LogP contribution in [0, 0.1) is 0 Å². The summed E-state index contributed by atoms with van der Waals surface area (Å²) in [5, 5.41) is 0. The Labute approximate surface area is 102 Å². The fraction of sp³-hybridized carbons (Fsp3) is 1.00. The Morgan fingerprint density at radius 2 is 1.40 bits per heavy atom. The van der Waals surface area contributed by atoms with Gasteiger partial charge in [-0.2, -0.15) is 12.6 Å². The summed E-state index contributed by atoms with van der Waals surface area (Å²) in [6, 6.07) is 0. The molecule has 1 rings (SSSR count). The van der Waals surface area contributed by atoms with Crippen LogP contribution in [0.1, 0.15) is 84.0 Å². The minimum Gasteiger partial charge on any atom is -0.173 e. The summed E-state index contributed by atoms with van der Waals surface area (Å²) in [6.07, 6.45) is 16.9. The number of rotatable bonds is 8. The van der Waals surface area contributed by atoms with Gasteiger partial charge < -0.3 is 0 Å². The van der Waals surface area contributed by atoms with E-state index in [4.69, 9.17) is 12.6 Å². The van der Waals surface area contributed by atoms with Gasteiger partial charge in [-0.05, 0) is 19.3 Å². The van der Waals surface area contributed by atoms with Crippen LogP contribution in [-0.2, 0) is 0 Å². The molecule has 0 spiro atoms. The van der Waals surface area contributed by atoms with Gasteiger partial charge in [-0.1, -0.05) is 64.7 Å². The summed E-state index contributed by atoms with van der Waals surface area (Å²) in [4.78, 5) is 0. The Bertz CT molecular complexity index is 147. The molecule has 0 aromatic heterocycles. The van der Waals surface area contributed by atoms with Gasteiger partial charge in [-0.25, -0.2) is 0 Å². The maximum absolute atomic E-state index is 4.84. The predicted octanol–water partition coefficient (Wildman–Crippen LogP) is 5.37. The van der Waals surface area contributed by atoms with E-state index in [1.165, 1.54) is 77.0 Å². The summed E-state index contributed by atoms with van der Waals surface area (Å²) in [6.45, 7) is 2.28. The van der Waals surface area contributed by atoms with Crippen LogP contribution in [0.5, 0.6) is 0 Å². The quantitative estimate of drug-likeness (QED) is 0.419. The normalized spacial score (nSPS) is 19.6. The van der Waals surface area contributed by atoms with Crippen LogP contribution < -0.4 is 0 Å². The van der Waals surface area contributed by atoms with Gasteiger partial charge in [-0.3, -0.25) is 0 Å². The van der Waals surface area contributed by atoms with E-state index in [0.29, 0.717) is 4.75 Å². The van der Waals surface area contributed by atoms with Crippen molar-refractivity contribution >= 4 is 12.6 Å². The molecule has 0 saturated heterocycles. The Hall–Kier alpha value is 0.350. The minimum absolute atomic E-state index is 0.434. The Balaban J connectivity index is 1.88. The van der Waals surface area contributed by atoms with Crippen molar-refractivity contribution in [2.24, 2.45) is 0 Å². The Morgan fingerprint density at radius 1 is 0.867 bits per heavy atom. The maximum Gasteiger partial charge on any atom is 0.0130 e. The van der Waals surface area contributed by atoms with Gasteiger partial charge >= 0.3 is 0 Å². The predicted molar refractivity (Wildman–Crippen MR) is 72.8 cm³/mol. The molecule has 0 aliphatic heterocycles. The Kier molecular flexibility index (Phi) is 6.79. The van der Waals surface area contributed by atoms with Gasteiger partial charge in [0.2, 0.25) is 0 Å². The van der Waals surface area contributed by atoms with E-state index in [-0.39, 0.29) is 0 Å². The van der Waals surface area contributed by atoms with Gasteiger partial charge in [0, 0.05) is 4.75 Å². The third-order valence-corrected chi connectivity index (χ3v) is 4.45. The molecule has 0 N–H and O–H groups in total. The van der Waals surface area contributed by atoms with Gasteiger partial charge in [0.05, 0.1) is 0 Å². The lowest BCUT2D eigenvalue weighted by Crippen LogP contribution is -2.15. The van der Waals surface area contributed by atoms with Gasteiger partial charge in [0.15, 0.2) is 0 Å². The molecule has 0 radical (unpaired) electrons. The molecule has 0 bridgehead atoms. The minimum atomic E-state index is 0.434. The van der Waals surface area contributed by atoms with Gasteiger partial charge in [0.1, 0.15) is 0 Å². The molecule has 0 heterocycles. The highest BCUT2D eigenvalue weighted by atomic mass is 32.1. The van der Waals surface area contributed by atoms with Crippen LogP contribution in [0.2, 0.25) is 0 Å². The first kappa shape index (κ1) is 13.4. The first-order valence-corrected chi connectivity index (χ1v) is 7.44. The van der Waals surface area contributed by atoms with E-state index < -0.39 is 0 Å². The standard InChI is InChI=1S/C14H28S/c1-2-3-4-5-6-7-8-11-14(15)12-9-10-13-14/h15H,2-13H2,1H3. The number of thiol groups is 1. The zero-order chi connectivity index (χ0) is 11.0. The first-order valence-electron chi connectivity index (χ1n) is 6.99. The molecular formula is C14H28S. The molecular weight excluding hydrogens is 200 g/mol. The van der Waals surface area contributed by atoms with Crippen molar-refractivity contribution in [3.05, 3.63) is 0 Å². The smallest absolute Gasteiger partial charge is 0.0130 e. The lowest BCUT2D eigenvalue weighted by Gasteiger charge is -2.21. The lowest BCUT2D eigenvalue weighted by molar-refractivity contribution is 0.501. The van der Waals surface area contributed by atoms with Crippen LogP contribution in [0.4, 0.5) is 0 Å². The average Bonchev–Trinajstić information content (AvgIpc) is 2.64. The third-order valence-electron chi connectivity index (χ3n) is 3.78. The van der Waals surface area contributed by atoms with Crippen LogP contribution in [-0.4, -0.2) is 4.75 Å². The molecule has 0 nitrogen and oxygen atoms in total. The fourth-order valence-electron chi connectivity index (χ4n) is 2.69. The summed E-state index contributed by atoms with van der Waals surface area (Å²) < 4.78 is 0.434. The second-order valence-electron chi connectivity index (χ2n) is 5.30. The van der Waals surface area contributed by atoms with E-state index >= 15 is 0 Å². The summed E-state index contributed by atoms with van der Waals surface area (Å²) in [5.74, 6) is 0. The van der Waals surface area contributed by atoms with E-state index in [1.54, 1.807) is 0 Å². The van der Waals surface area contributed by atoms with Crippen molar-refractivity contribution in [2.45, 2.75) is 88.7 Å². The van der Waals surface area contributed by atoms with Crippen LogP contribution in [0.25, 0.3) is 0 Å². The highest BCUT2D eigenvalue weighted by Crippen LogP contribution is 2.39. The molecule has 15 heavy (non-hydrogen) atoms. The molecule has 0 atom stereocenters. The van der Waals surface area contributed by atoms with Crippen LogP contribution in [0.3, 0.4) is 0 Å². The maximum atomic E-state index is 4.84. The van der Waals surface area contributed by atoms with E-state index in [2.05, 4.69) is 6.92 Å². The third kappa shape index (κ3) is 5.85. The topological polar surface area (TPSA) is 0 Å². The molecule has 0 aromatic rings. The number of hydrogen-bond donors (Lipinski definition) is 1. The molecule has 1 saturated carbocycles. The van der Waals surface area contributed by atoms with Crippen molar-refractivity contribution in [3.63, 3.8) is 0 Å². The van der Waals surface area contributed by atoms with Crippen LogP contribution in [0.15, 0.2) is 0 Å². The molecule has 0 amide bonds. The largest absolute Gasteiger partial charge is 0.173 e. The molecule has 1 fully saturated rings. The highest BCUT2D eigenvalue weighted by Gasteiger charge is 2.28. The SMILES string of the molecule is CCCCCCCCCC1(S)CCCC1. The first-order chi connectivity index (χ1) is 7.27. The van der Waals surface area contributed by atoms with E-state index in [9.17, 15) is 0 Å². The molecule has 1 heteroatoms. The van der Waals surface area contributed by atoms with E-state index in [1.807, 2.05) is 0 Å². The molecule has 0 aromatic carbocycles. The zero-order valence-electron chi connectivity index (χ0n) is 10.4. The van der Waals surface area contributed by atoms with Crippen molar-refractivity contribution < 1.29 is 0 Å². The fourth-order valence-corrected chi connectivity index (χ4v) is 3.17. The summed E-state index contributed by atoms with van der Waals surface area (Å²) in [7, 11) is 0. The second-order valence-corrected chi connectivity index (χ2v) is 6.25. The van der Waals surface area contributed by atoms with Crippen molar-refractivity contribution in [1.82, 2.24) is 0 Å². The lowest BCUT2D eigenvalue weighted by atomic mass is 9.98. The summed E-state index contributed by atoms with van der Waals surface area (Å²) in [5.41, 5.74) is 0. The van der Waals surface area contributed by atoms with E-state index in [0.717, 1.165) is 0 Å². The number of unbranched alkanes of at least 4 members (excludes halogenated alkanes) is 6. The molecule has 90 valence electrons. The highest BCUT2D eigenvalue weighted by molar-refractivity contribution is 7.81. The molecule has 1 aliphatic carbocycles. The average molecular weight is 228 g/mol. The Morgan fingerprint density at radius 3 is 2.00 bits per heavy atom. The monoisotopic (exact) mass is 228 g/mol. The number of hydrogen-bond acceptors (Lipinski definition) is 1. The van der Waals surface area contributed by atoms with Crippen LogP contribution >= 0.6 is 12.6 Å².